The number of ether oxygens (including phenoxy) is 1. The first-order valence-corrected chi connectivity index (χ1v) is 9.02. The van der Waals surface area contributed by atoms with Gasteiger partial charge in [0.1, 0.15) is 5.69 Å². The molecule has 0 aliphatic carbocycles. The number of likely N-dealkylation sites (tertiary alicyclic amines) is 1. The van der Waals surface area contributed by atoms with Crippen LogP contribution in [-0.2, 0) is 13.1 Å². The second kappa shape index (κ2) is 7.71. The van der Waals surface area contributed by atoms with E-state index in [9.17, 15) is 5.11 Å². The van der Waals surface area contributed by atoms with E-state index in [2.05, 4.69) is 25.3 Å². The number of nitrogens with zero attached hydrogens (tertiary/aromatic N) is 6. The maximum Gasteiger partial charge on any atom is 0.223 e. The van der Waals surface area contributed by atoms with Crippen molar-refractivity contribution in [1.82, 2.24) is 30.1 Å². The average molecular weight is 366 g/mol. The van der Waals surface area contributed by atoms with Crippen LogP contribution in [0.1, 0.15) is 18.4 Å². The smallest absolute Gasteiger partial charge is 0.223 e. The Morgan fingerprint density at radius 3 is 3.00 bits per heavy atom. The van der Waals surface area contributed by atoms with Crippen LogP contribution in [0.25, 0.3) is 11.5 Å². The standard InChI is InChI=1S/C19H22N6O2/c1-27-18-11-14(7-8-17(18)26)12-24-10-4-5-15(24)13-25-22-19(21-23-25)16-6-2-3-9-20-16/h2-3,6-9,11,15,26H,4-5,10,12-13H2,1H3/t15-/m0/s1. The molecule has 0 amide bonds. The largest absolute Gasteiger partial charge is 0.504 e. The molecule has 1 aliphatic rings. The summed E-state index contributed by atoms with van der Waals surface area (Å²) in [6.07, 6.45) is 3.96. The van der Waals surface area contributed by atoms with Crippen LogP contribution in [-0.4, -0.2) is 54.9 Å². The van der Waals surface area contributed by atoms with Gasteiger partial charge < -0.3 is 9.84 Å². The van der Waals surface area contributed by atoms with Crippen molar-refractivity contribution in [3.8, 4) is 23.0 Å². The van der Waals surface area contributed by atoms with Crippen LogP contribution in [0.5, 0.6) is 11.5 Å². The minimum Gasteiger partial charge on any atom is -0.504 e. The monoisotopic (exact) mass is 366 g/mol. The molecule has 3 aromatic rings. The number of hydrogen-bond acceptors (Lipinski definition) is 7. The number of phenolic OH excluding ortho intramolecular Hbond substituents is 1. The van der Waals surface area contributed by atoms with Crippen LogP contribution in [0.2, 0.25) is 0 Å². The van der Waals surface area contributed by atoms with Gasteiger partial charge in [0.15, 0.2) is 11.5 Å². The number of hydrogen-bond donors (Lipinski definition) is 1. The molecule has 4 rings (SSSR count). The Labute approximate surface area is 157 Å². The van der Waals surface area contributed by atoms with Gasteiger partial charge in [-0.3, -0.25) is 9.88 Å². The van der Waals surface area contributed by atoms with Crippen LogP contribution >= 0.6 is 0 Å². The number of pyridine rings is 1. The summed E-state index contributed by atoms with van der Waals surface area (Å²) in [6, 6.07) is 11.5. The second-order valence-electron chi connectivity index (χ2n) is 6.66. The van der Waals surface area contributed by atoms with E-state index in [1.54, 1.807) is 24.2 Å². The molecule has 0 radical (unpaired) electrons. The van der Waals surface area contributed by atoms with Crippen molar-refractivity contribution in [3.05, 3.63) is 48.2 Å². The molecule has 3 heterocycles. The van der Waals surface area contributed by atoms with Gasteiger partial charge in [-0.15, -0.1) is 10.2 Å². The van der Waals surface area contributed by atoms with Crippen molar-refractivity contribution in [3.63, 3.8) is 0 Å². The van der Waals surface area contributed by atoms with Gasteiger partial charge in [0.25, 0.3) is 0 Å². The number of rotatable bonds is 6. The van der Waals surface area contributed by atoms with E-state index in [-0.39, 0.29) is 5.75 Å². The molecule has 0 saturated carbocycles. The van der Waals surface area contributed by atoms with Crippen molar-refractivity contribution in [1.29, 1.82) is 0 Å². The third-order valence-electron chi connectivity index (χ3n) is 4.85. The van der Waals surface area contributed by atoms with Crippen molar-refractivity contribution in [2.75, 3.05) is 13.7 Å². The van der Waals surface area contributed by atoms with Gasteiger partial charge in [0, 0.05) is 18.8 Å². The minimum atomic E-state index is 0.160. The fraction of sp³-hybridized carbons (Fsp3) is 0.368. The number of aromatic hydroxyl groups is 1. The van der Waals surface area contributed by atoms with Gasteiger partial charge in [-0.1, -0.05) is 12.1 Å². The van der Waals surface area contributed by atoms with Gasteiger partial charge in [-0.2, -0.15) is 4.80 Å². The normalized spacial score (nSPS) is 17.3. The summed E-state index contributed by atoms with van der Waals surface area (Å²) in [5.74, 6) is 1.21. The molecule has 2 aromatic heterocycles. The first-order valence-electron chi connectivity index (χ1n) is 9.02. The predicted octanol–water partition coefficient (Wildman–Crippen LogP) is 2.11. The van der Waals surface area contributed by atoms with Crippen molar-refractivity contribution in [2.24, 2.45) is 0 Å². The van der Waals surface area contributed by atoms with E-state index in [0.717, 1.165) is 37.2 Å². The molecule has 0 bridgehead atoms. The highest BCUT2D eigenvalue weighted by Crippen LogP contribution is 2.28. The van der Waals surface area contributed by atoms with E-state index in [1.165, 1.54) is 0 Å². The molecule has 1 N–H and O–H groups in total. The summed E-state index contributed by atoms with van der Waals surface area (Å²) in [6.45, 7) is 2.51. The number of phenols is 1. The number of methoxy groups -OCH3 is 1. The molecule has 1 saturated heterocycles. The summed E-state index contributed by atoms with van der Waals surface area (Å²) in [5, 5.41) is 22.6. The van der Waals surface area contributed by atoms with Crippen LogP contribution in [0.3, 0.4) is 0 Å². The van der Waals surface area contributed by atoms with E-state index in [4.69, 9.17) is 4.74 Å². The summed E-state index contributed by atoms with van der Waals surface area (Å²) in [4.78, 5) is 8.34. The van der Waals surface area contributed by atoms with Crippen molar-refractivity contribution in [2.45, 2.75) is 32.0 Å². The average Bonchev–Trinajstić information content (AvgIpc) is 3.34. The number of benzene rings is 1. The topological polar surface area (TPSA) is 89.2 Å². The van der Waals surface area contributed by atoms with Crippen molar-refractivity contribution < 1.29 is 9.84 Å². The van der Waals surface area contributed by atoms with Crippen LogP contribution < -0.4 is 4.74 Å². The Kier molecular flexibility index (Phi) is 4.97. The lowest BCUT2D eigenvalue weighted by molar-refractivity contribution is 0.211. The first-order chi connectivity index (χ1) is 13.2. The zero-order valence-corrected chi connectivity index (χ0v) is 15.2. The van der Waals surface area contributed by atoms with Crippen LogP contribution in [0.4, 0.5) is 0 Å². The van der Waals surface area contributed by atoms with E-state index >= 15 is 0 Å². The summed E-state index contributed by atoms with van der Waals surface area (Å²) >= 11 is 0. The molecule has 8 nitrogen and oxygen atoms in total. The van der Waals surface area contributed by atoms with Crippen molar-refractivity contribution >= 4 is 0 Å². The maximum absolute atomic E-state index is 9.77. The van der Waals surface area contributed by atoms with E-state index < -0.39 is 0 Å². The molecule has 1 fully saturated rings. The van der Waals surface area contributed by atoms with Crippen LogP contribution in [0, 0.1) is 0 Å². The van der Waals surface area contributed by atoms with E-state index in [0.29, 0.717) is 24.2 Å². The molecular weight excluding hydrogens is 344 g/mol. The minimum absolute atomic E-state index is 0.160. The van der Waals surface area contributed by atoms with Gasteiger partial charge in [0.2, 0.25) is 5.82 Å². The van der Waals surface area contributed by atoms with Crippen LogP contribution in [0.15, 0.2) is 42.6 Å². The summed E-state index contributed by atoms with van der Waals surface area (Å²) < 4.78 is 5.21. The zero-order chi connectivity index (χ0) is 18.6. The zero-order valence-electron chi connectivity index (χ0n) is 15.2. The Morgan fingerprint density at radius 2 is 2.19 bits per heavy atom. The van der Waals surface area contributed by atoms with Gasteiger partial charge in [0.05, 0.1) is 13.7 Å². The fourth-order valence-corrected chi connectivity index (χ4v) is 3.47. The number of aromatic nitrogens is 5. The summed E-state index contributed by atoms with van der Waals surface area (Å²) in [5.41, 5.74) is 1.83. The molecule has 1 aliphatic heterocycles. The highest BCUT2D eigenvalue weighted by atomic mass is 16.5. The van der Waals surface area contributed by atoms with Gasteiger partial charge >= 0.3 is 0 Å². The molecule has 0 spiro atoms. The lowest BCUT2D eigenvalue weighted by atomic mass is 10.1. The fourth-order valence-electron chi connectivity index (χ4n) is 3.47. The summed E-state index contributed by atoms with van der Waals surface area (Å²) in [7, 11) is 1.56. The van der Waals surface area contributed by atoms with Gasteiger partial charge in [-0.05, 0) is 54.4 Å². The molecule has 140 valence electrons. The SMILES string of the molecule is COc1cc(CN2CCC[C@H]2Cn2nnc(-c3ccccn3)n2)ccc1O. The molecule has 27 heavy (non-hydrogen) atoms. The Morgan fingerprint density at radius 1 is 1.26 bits per heavy atom. The third-order valence-corrected chi connectivity index (χ3v) is 4.85. The molecule has 0 unspecified atom stereocenters. The lowest BCUT2D eigenvalue weighted by Crippen LogP contribution is -2.33. The Bertz CT molecular complexity index is 898. The first kappa shape index (κ1) is 17.4. The molecular formula is C19H22N6O2. The maximum atomic E-state index is 9.77. The highest BCUT2D eigenvalue weighted by Gasteiger charge is 2.26. The molecule has 8 heteroatoms. The lowest BCUT2D eigenvalue weighted by Gasteiger charge is -2.24. The molecule has 1 atom stereocenters. The number of tetrazole rings is 1. The highest BCUT2D eigenvalue weighted by molar-refractivity contribution is 5.46. The predicted molar refractivity (Wildman–Crippen MR) is 99.1 cm³/mol. The second-order valence-corrected chi connectivity index (χ2v) is 6.66. The third kappa shape index (κ3) is 3.90. The van der Waals surface area contributed by atoms with E-state index in [1.807, 2.05) is 30.3 Å². The Balaban J connectivity index is 1.44. The molecule has 1 aromatic carbocycles. The van der Waals surface area contributed by atoms with Gasteiger partial charge in [-0.25, -0.2) is 0 Å². The quantitative estimate of drug-likeness (QED) is 0.715. The Hall–Kier alpha value is -3.00.